The first kappa shape index (κ1) is 12.2. The highest BCUT2D eigenvalue weighted by atomic mass is 19.4. The number of hydrogen-bond acceptors (Lipinski definition) is 2. The Bertz CT molecular complexity index is 224. The summed E-state index contributed by atoms with van der Waals surface area (Å²) < 4.78 is 38.1. The molecule has 0 aromatic heterocycles. The zero-order valence-electron chi connectivity index (χ0n) is 9.39. The van der Waals surface area contributed by atoms with E-state index in [1.165, 1.54) is 12.8 Å². The number of halogens is 3. The van der Waals surface area contributed by atoms with Gasteiger partial charge in [0.1, 0.15) is 0 Å². The molecule has 1 unspecified atom stereocenters. The lowest BCUT2D eigenvalue weighted by atomic mass is 10.1. The molecule has 2 aliphatic rings. The molecule has 1 aliphatic carbocycles. The molecule has 2 fully saturated rings. The second-order valence-corrected chi connectivity index (χ2v) is 4.88. The molecule has 2 rings (SSSR count). The first-order valence-electron chi connectivity index (χ1n) is 6.09. The smallest absolute Gasteiger partial charge is 0.315 e. The molecule has 0 bridgehead atoms. The van der Waals surface area contributed by atoms with Crippen molar-refractivity contribution in [2.24, 2.45) is 5.92 Å². The molecule has 0 radical (unpaired) electrons. The minimum absolute atomic E-state index is 0.0761. The van der Waals surface area contributed by atoms with Crippen molar-refractivity contribution in [3.8, 4) is 0 Å². The monoisotopic (exact) mass is 236 g/mol. The van der Waals surface area contributed by atoms with Crippen LogP contribution < -0.4 is 5.32 Å². The fraction of sp³-hybridized carbons (Fsp3) is 1.00. The molecule has 1 N–H and O–H groups in total. The van der Waals surface area contributed by atoms with E-state index in [-0.39, 0.29) is 13.1 Å². The lowest BCUT2D eigenvalue weighted by Crippen LogP contribution is -2.41. The maximum absolute atomic E-state index is 12.7. The van der Waals surface area contributed by atoms with Gasteiger partial charge in [0, 0.05) is 32.2 Å². The first-order chi connectivity index (χ1) is 7.57. The molecule has 5 heteroatoms. The Hall–Kier alpha value is -0.290. The van der Waals surface area contributed by atoms with E-state index in [4.69, 9.17) is 0 Å². The first-order valence-corrected chi connectivity index (χ1v) is 6.09. The Labute approximate surface area is 94.2 Å². The van der Waals surface area contributed by atoms with E-state index < -0.39 is 12.1 Å². The van der Waals surface area contributed by atoms with E-state index in [1.54, 1.807) is 0 Å². The van der Waals surface area contributed by atoms with Crippen LogP contribution in [0, 0.1) is 5.92 Å². The second kappa shape index (κ2) is 4.92. The molecule has 2 nitrogen and oxygen atoms in total. The molecule has 0 aromatic rings. The third-order valence-corrected chi connectivity index (χ3v) is 3.73. The van der Waals surface area contributed by atoms with Gasteiger partial charge in [-0.25, -0.2) is 0 Å². The van der Waals surface area contributed by atoms with Crippen molar-refractivity contribution in [1.29, 1.82) is 0 Å². The summed E-state index contributed by atoms with van der Waals surface area (Å²) in [7, 11) is 0. The van der Waals surface area contributed by atoms with Crippen molar-refractivity contribution in [3.05, 3.63) is 0 Å². The third-order valence-electron chi connectivity index (χ3n) is 3.73. The maximum atomic E-state index is 12.7. The van der Waals surface area contributed by atoms with Crippen molar-refractivity contribution in [1.82, 2.24) is 10.2 Å². The van der Waals surface area contributed by atoms with Crippen LogP contribution in [0.4, 0.5) is 13.2 Å². The van der Waals surface area contributed by atoms with E-state index >= 15 is 0 Å². The van der Waals surface area contributed by atoms with Gasteiger partial charge in [-0.3, -0.25) is 4.90 Å². The van der Waals surface area contributed by atoms with Gasteiger partial charge in [-0.15, -0.1) is 0 Å². The van der Waals surface area contributed by atoms with Crippen LogP contribution in [0.2, 0.25) is 0 Å². The average molecular weight is 236 g/mol. The number of nitrogens with zero attached hydrogens (tertiary/aromatic N) is 1. The summed E-state index contributed by atoms with van der Waals surface area (Å²) in [5.74, 6) is -1.20. The normalized spacial score (nSPS) is 30.6. The molecule has 0 spiro atoms. The van der Waals surface area contributed by atoms with Crippen LogP contribution >= 0.6 is 0 Å². The molecule has 0 amide bonds. The minimum atomic E-state index is -4.06. The second-order valence-electron chi connectivity index (χ2n) is 4.88. The Morgan fingerprint density at radius 1 is 1.12 bits per heavy atom. The topological polar surface area (TPSA) is 15.3 Å². The zero-order valence-corrected chi connectivity index (χ0v) is 9.39. The van der Waals surface area contributed by atoms with Crippen LogP contribution in [0.15, 0.2) is 0 Å². The van der Waals surface area contributed by atoms with Gasteiger partial charge in [0.25, 0.3) is 0 Å². The summed E-state index contributed by atoms with van der Waals surface area (Å²) in [5.41, 5.74) is 0. The van der Waals surface area contributed by atoms with Crippen LogP contribution in [-0.2, 0) is 0 Å². The molecule has 1 saturated heterocycles. The van der Waals surface area contributed by atoms with Crippen molar-refractivity contribution >= 4 is 0 Å². The lowest BCUT2D eigenvalue weighted by Gasteiger charge is -2.30. The van der Waals surface area contributed by atoms with Crippen molar-refractivity contribution in [2.45, 2.75) is 37.9 Å². The summed E-state index contributed by atoms with van der Waals surface area (Å²) in [6.45, 7) is 1.70. The minimum Gasteiger partial charge on any atom is -0.315 e. The predicted octanol–water partition coefficient (Wildman–Crippen LogP) is 2.01. The summed E-state index contributed by atoms with van der Waals surface area (Å²) in [5, 5.41) is 2.90. The Balaban J connectivity index is 1.97. The van der Waals surface area contributed by atoms with Gasteiger partial charge in [-0.2, -0.15) is 13.2 Å². The fourth-order valence-electron chi connectivity index (χ4n) is 2.76. The van der Waals surface area contributed by atoms with Crippen LogP contribution in [0.5, 0.6) is 0 Å². The van der Waals surface area contributed by atoms with Gasteiger partial charge >= 0.3 is 6.18 Å². The highest BCUT2D eigenvalue weighted by Crippen LogP contribution is 2.30. The quantitative estimate of drug-likeness (QED) is 0.749. The number of hydrogen-bond donors (Lipinski definition) is 1. The van der Waals surface area contributed by atoms with Gasteiger partial charge in [-0.1, -0.05) is 12.8 Å². The van der Waals surface area contributed by atoms with E-state index in [2.05, 4.69) is 5.32 Å². The highest BCUT2D eigenvalue weighted by molar-refractivity contribution is 4.84. The Morgan fingerprint density at radius 3 is 2.44 bits per heavy atom. The van der Waals surface area contributed by atoms with Gasteiger partial charge in [-0.05, 0) is 12.8 Å². The van der Waals surface area contributed by atoms with Gasteiger partial charge in [0.2, 0.25) is 0 Å². The summed E-state index contributed by atoms with van der Waals surface area (Å²) in [6.07, 6.45) is 0.430. The van der Waals surface area contributed by atoms with Gasteiger partial charge in [0.15, 0.2) is 0 Å². The Kier molecular flexibility index (Phi) is 3.74. The van der Waals surface area contributed by atoms with Crippen molar-refractivity contribution in [2.75, 3.05) is 26.2 Å². The summed E-state index contributed by atoms with van der Waals surface area (Å²) in [6, 6.07) is 0.393. The molecule has 1 saturated carbocycles. The summed E-state index contributed by atoms with van der Waals surface area (Å²) in [4.78, 5) is 2.05. The number of rotatable bonds is 1. The van der Waals surface area contributed by atoms with Gasteiger partial charge in [0.05, 0.1) is 5.92 Å². The molecule has 0 aromatic carbocycles. The average Bonchev–Trinajstić information content (AvgIpc) is 2.60. The van der Waals surface area contributed by atoms with Gasteiger partial charge < -0.3 is 5.32 Å². The van der Waals surface area contributed by atoms with E-state index in [9.17, 15) is 13.2 Å². The SMILES string of the molecule is FC(F)(F)C1CNCCN(C2CCCC2)C1. The molecular weight excluding hydrogens is 217 g/mol. The van der Waals surface area contributed by atoms with Crippen molar-refractivity contribution < 1.29 is 13.2 Å². The predicted molar refractivity (Wildman–Crippen MR) is 56.2 cm³/mol. The standard InChI is InChI=1S/C11H19F3N2/c12-11(13,14)9-7-15-5-6-16(8-9)10-3-1-2-4-10/h9-10,15H,1-8H2. The van der Waals surface area contributed by atoms with Crippen molar-refractivity contribution in [3.63, 3.8) is 0 Å². The molecule has 1 aliphatic heterocycles. The fourth-order valence-corrected chi connectivity index (χ4v) is 2.76. The number of alkyl halides is 3. The molecule has 1 atom stereocenters. The van der Waals surface area contributed by atoms with Crippen LogP contribution in [0.1, 0.15) is 25.7 Å². The maximum Gasteiger partial charge on any atom is 0.394 e. The zero-order chi connectivity index (χ0) is 11.6. The number of nitrogens with one attached hydrogen (secondary N) is 1. The lowest BCUT2D eigenvalue weighted by molar-refractivity contribution is -0.176. The highest BCUT2D eigenvalue weighted by Gasteiger charge is 2.42. The molecule has 94 valence electrons. The van der Waals surface area contributed by atoms with Crippen LogP contribution in [-0.4, -0.2) is 43.3 Å². The summed E-state index contributed by atoms with van der Waals surface area (Å²) >= 11 is 0. The van der Waals surface area contributed by atoms with Crippen LogP contribution in [0.25, 0.3) is 0 Å². The van der Waals surface area contributed by atoms with E-state index in [0.29, 0.717) is 12.6 Å². The molecule has 16 heavy (non-hydrogen) atoms. The third kappa shape index (κ3) is 2.88. The van der Waals surface area contributed by atoms with Crippen LogP contribution in [0.3, 0.4) is 0 Å². The van der Waals surface area contributed by atoms with E-state index in [1.807, 2.05) is 4.90 Å². The molecular formula is C11H19F3N2. The largest absolute Gasteiger partial charge is 0.394 e. The Morgan fingerprint density at radius 2 is 1.81 bits per heavy atom. The molecule has 1 heterocycles. The van der Waals surface area contributed by atoms with E-state index in [0.717, 1.165) is 19.4 Å².